The Morgan fingerprint density at radius 3 is 3.00 bits per heavy atom. The second kappa shape index (κ2) is 3.70. The van der Waals surface area contributed by atoms with Crippen molar-refractivity contribution in [1.82, 2.24) is 5.32 Å². The monoisotopic (exact) mass is 201 g/mol. The molecule has 0 aromatic heterocycles. The van der Waals surface area contributed by atoms with Crippen LogP contribution in [0.3, 0.4) is 0 Å². The molecule has 1 unspecified atom stereocenters. The highest BCUT2D eigenvalue weighted by molar-refractivity contribution is 5.56. The van der Waals surface area contributed by atoms with Gasteiger partial charge in [-0.15, -0.1) is 0 Å². The van der Waals surface area contributed by atoms with Gasteiger partial charge < -0.3 is 10.1 Å². The van der Waals surface area contributed by atoms with Crippen LogP contribution in [-0.4, -0.2) is 12.7 Å². The summed E-state index contributed by atoms with van der Waals surface area (Å²) in [4.78, 5) is 0. The number of hydrogen-bond donors (Lipinski definition) is 1. The van der Waals surface area contributed by atoms with Crippen LogP contribution in [0.4, 0.5) is 0 Å². The SMILES string of the molecule is C1=Cc2ccccc2C(C[C@H]2CCO2)N1. The number of benzene rings is 1. The molecule has 0 bridgehead atoms. The van der Waals surface area contributed by atoms with Crippen molar-refractivity contribution in [3.05, 3.63) is 41.6 Å². The minimum absolute atomic E-state index is 0.427. The molecule has 2 atom stereocenters. The van der Waals surface area contributed by atoms with Gasteiger partial charge in [-0.3, -0.25) is 0 Å². The molecule has 2 nitrogen and oxygen atoms in total. The van der Waals surface area contributed by atoms with Crippen molar-refractivity contribution in [2.75, 3.05) is 6.61 Å². The lowest BCUT2D eigenvalue weighted by molar-refractivity contribution is -0.0590. The maximum atomic E-state index is 5.48. The predicted molar refractivity (Wildman–Crippen MR) is 60.3 cm³/mol. The van der Waals surface area contributed by atoms with E-state index in [1.165, 1.54) is 17.5 Å². The average molecular weight is 201 g/mol. The normalized spacial score (nSPS) is 27.7. The number of fused-ring (bicyclic) bond motifs is 1. The zero-order valence-corrected chi connectivity index (χ0v) is 8.65. The summed E-state index contributed by atoms with van der Waals surface area (Å²) in [6.07, 6.45) is 6.94. The van der Waals surface area contributed by atoms with Crippen molar-refractivity contribution in [1.29, 1.82) is 0 Å². The van der Waals surface area contributed by atoms with E-state index in [-0.39, 0.29) is 0 Å². The topological polar surface area (TPSA) is 21.3 Å². The lowest BCUT2D eigenvalue weighted by Crippen LogP contribution is -2.32. The van der Waals surface area contributed by atoms with Crippen molar-refractivity contribution in [2.24, 2.45) is 0 Å². The van der Waals surface area contributed by atoms with E-state index in [0.29, 0.717) is 12.1 Å². The predicted octanol–water partition coefficient (Wildman–Crippen LogP) is 2.48. The van der Waals surface area contributed by atoms with E-state index in [2.05, 4.69) is 35.7 Å². The smallest absolute Gasteiger partial charge is 0.0620 e. The van der Waals surface area contributed by atoms with Crippen molar-refractivity contribution in [3.8, 4) is 0 Å². The van der Waals surface area contributed by atoms with E-state index in [1.54, 1.807) is 0 Å². The van der Waals surface area contributed by atoms with Crippen molar-refractivity contribution < 1.29 is 4.74 Å². The first-order valence-electron chi connectivity index (χ1n) is 5.56. The van der Waals surface area contributed by atoms with Crippen LogP contribution in [0.25, 0.3) is 6.08 Å². The van der Waals surface area contributed by atoms with Gasteiger partial charge in [-0.05, 0) is 36.2 Å². The third-order valence-corrected chi connectivity index (χ3v) is 3.22. The summed E-state index contributed by atoms with van der Waals surface area (Å²) in [6.45, 7) is 0.939. The Morgan fingerprint density at radius 2 is 2.20 bits per heavy atom. The Morgan fingerprint density at radius 1 is 1.33 bits per heavy atom. The summed E-state index contributed by atoms with van der Waals surface area (Å²) in [5.74, 6) is 0. The van der Waals surface area contributed by atoms with Crippen LogP contribution in [0.15, 0.2) is 30.5 Å². The molecule has 78 valence electrons. The van der Waals surface area contributed by atoms with Crippen LogP contribution in [0.2, 0.25) is 0 Å². The molecular weight excluding hydrogens is 186 g/mol. The highest BCUT2D eigenvalue weighted by Gasteiger charge is 2.25. The van der Waals surface area contributed by atoms with Gasteiger partial charge in [0.25, 0.3) is 0 Å². The summed E-state index contributed by atoms with van der Waals surface area (Å²) in [5, 5.41) is 3.41. The van der Waals surface area contributed by atoms with E-state index >= 15 is 0 Å². The molecule has 0 spiro atoms. The Bertz CT molecular complexity index is 382. The van der Waals surface area contributed by atoms with Gasteiger partial charge in [-0.2, -0.15) is 0 Å². The number of rotatable bonds is 2. The van der Waals surface area contributed by atoms with Gasteiger partial charge >= 0.3 is 0 Å². The molecule has 1 aromatic carbocycles. The molecule has 3 rings (SSSR count). The fraction of sp³-hybridized carbons (Fsp3) is 0.385. The second-order valence-corrected chi connectivity index (χ2v) is 4.20. The zero-order chi connectivity index (χ0) is 10.1. The van der Waals surface area contributed by atoms with E-state index in [4.69, 9.17) is 4.74 Å². The Kier molecular flexibility index (Phi) is 2.22. The van der Waals surface area contributed by atoms with Crippen LogP contribution in [-0.2, 0) is 4.74 Å². The molecule has 1 fully saturated rings. The molecule has 1 saturated heterocycles. The first kappa shape index (κ1) is 8.98. The van der Waals surface area contributed by atoms with Crippen LogP contribution in [0.1, 0.15) is 30.0 Å². The maximum absolute atomic E-state index is 5.48. The second-order valence-electron chi connectivity index (χ2n) is 4.20. The van der Waals surface area contributed by atoms with Crippen LogP contribution >= 0.6 is 0 Å². The first-order chi connectivity index (χ1) is 7.43. The molecule has 0 saturated carbocycles. The average Bonchev–Trinajstić information content (AvgIpc) is 2.23. The van der Waals surface area contributed by atoms with E-state index in [0.717, 1.165) is 13.0 Å². The van der Waals surface area contributed by atoms with Crippen LogP contribution in [0, 0.1) is 0 Å². The Balaban J connectivity index is 1.82. The molecular formula is C13H15NO. The van der Waals surface area contributed by atoms with Crippen molar-refractivity contribution in [2.45, 2.75) is 25.0 Å². The molecule has 0 aliphatic carbocycles. The molecule has 0 radical (unpaired) electrons. The summed E-state index contributed by atoms with van der Waals surface area (Å²) >= 11 is 0. The van der Waals surface area contributed by atoms with Crippen LogP contribution < -0.4 is 5.32 Å². The van der Waals surface area contributed by atoms with Crippen molar-refractivity contribution >= 4 is 6.08 Å². The molecule has 2 heterocycles. The summed E-state index contributed by atoms with van der Waals surface area (Å²) < 4.78 is 5.48. The largest absolute Gasteiger partial charge is 0.384 e. The van der Waals surface area contributed by atoms with Gasteiger partial charge in [0.15, 0.2) is 0 Å². The first-order valence-corrected chi connectivity index (χ1v) is 5.56. The maximum Gasteiger partial charge on any atom is 0.0620 e. The zero-order valence-electron chi connectivity index (χ0n) is 8.65. The quantitative estimate of drug-likeness (QED) is 0.793. The number of ether oxygens (including phenoxy) is 1. The number of hydrogen-bond acceptors (Lipinski definition) is 2. The van der Waals surface area contributed by atoms with E-state index in [9.17, 15) is 0 Å². The van der Waals surface area contributed by atoms with E-state index in [1.807, 2.05) is 6.20 Å². The minimum Gasteiger partial charge on any atom is -0.384 e. The van der Waals surface area contributed by atoms with Gasteiger partial charge in [-0.25, -0.2) is 0 Å². The Labute approximate surface area is 89.9 Å². The third-order valence-electron chi connectivity index (χ3n) is 3.22. The van der Waals surface area contributed by atoms with Gasteiger partial charge in [0, 0.05) is 6.61 Å². The highest BCUT2D eigenvalue weighted by atomic mass is 16.5. The molecule has 2 aliphatic heterocycles. The van der Waals surface area contributed by atoms with Gasteiger partial charge in [0.05, 0.1) is 12.1 Å². The number of nitrogens with one attached hydrogen (secondary N) is 1. The molecule has 1 aromatic rings. The van der Waals surface area contributed by atoms with E-state index < -0.39 is 0 Å². The summed E-state index contributed by atoms with van der Waals surface area (Å²) in [5.41, 5.74) is 2.73. The highest BCUT2D eigenvalue weighted by Crippen LogP contribution is 2.30. The lowest BCUT2D eigenvalue weighted by Gasteiger charge is -2.32. The third kappa shape index (κ3) is 1.65. The minimum atomic E-state index is 0.427. The molecule has 0 amide bonds. The Hall–Kier alpha value is -1.28. The molecule has 1 N–H and O–H groups in total. The standard InChI is InChI=1S/C13H15NO/c1-2-4-12-10(3-1)5-7-14-13(12)9-11-6-8-15-11/h1-5,7,11,13-14H,6,8-9H2/t11-,13?/m1/s1. The molecule has 2 heteroatoms. The fourth-order valence-electron chi connectivity index (χ4n) is 2.25. The lowest BCUT2D eigenvalue weighted by atomic mass is 9.92. The van der Waals surface area contributed by atoms with Gasteiger partial charge in [0.1, 0.15) is 0 Å². The van der Waals surface area contributed by atoms with Crippen molar-refractivity contribution in [3.63, 3.8) is 0 Å². The summed E-state index contributed by atoms with van der Waals surface area (Å²) in [7, 11) is 0. The van der Waals surface area contributed by atoms with Crippen LogP contribution in [0.5, 0.6) is 0 Å². The van der Waals surface area contributed by atoms with Gasteiger partial charge in [-0.1, -0.05) is 24.3 Å². The molecule has 15 heavy (non-hydrogen) atoms. The summed E-state index contributed by atoms with van der Waals surface area (Å²) in [6, 6.07) is 8.99. The molecule has 2 aliphatic rings. The van der Waals surface area contributed by atoms with Gasteiger partial charge in [0.2, 0.25) is 0 Å². The fourth-order valence-corrected chi connectivity index (χ4v) is 2.25.